The number of hydrogen-bond acceptors (Lipinski definition) is 6. The Hall–Kier alpha value is -3.37. The smallest absolute Gasteiger partial charge is 0.258 e. The third kappa shape index (κ3) is 5.81. The van der Waals surface area contributed by atoms with Crippen LogP contribution in [0, 0.1) is 0 Å². The van der Waals surface area contributed by atoms with Crippen LogP contribution in [0.1, 0.15) is 41.9 Å². The fraction of sp³-hybridized carbons (Fsp3) is 0.333. The van der Waals surface area contributed by atoms with Gasteiger partial charge in [0.1, 0.15) is 11.5 Å². The molecule has 0 radical (unpaired) electrons. The van der Waals surface area contributed by atoms with Crippen LogP contribution in [0.4, 0.5) is 0 Å². The number of H-pyrrole nitrogens is 1. The second-order valence-corrected chi connectivity index (χ2v) is 11.4. The van der Waals surface area contributed by atoms with Gasteiger partial charge in [-0.1, -0.05) is 48.9 Å². The Morgan fingerprint density at radius 3 is 1.85 bits per heavy atom. The molecule has 0 amide bonds. The first-order valence-electron chi connectivity index (χ1n) is 13.1. The number of nitrogens with zero attached hydrogens (tertiary/aromatic N) is 1. The predicted molar refractivity (Wildman–Crippen MR) is 150 cm³/mol. The summed E-state index contributed by atoms with van der Waals surface area (Å²) in [7, 11) is -0.610. The SMILES string of the molecule is COCOc1ccc(C(c2ccc(OCOC)cc2)c2c(S(=O)(=O)N3CCCCC3)[nH]c3ccccc23)cc1. The van der Waals surface area contributed by atoms with E-state index in [0.29, 0.717) is 24.6 Å². The summed E-state index contributed by atoms with van der Waals surface area (Å²) in [6.07, 6.45) is 2.78. The van der Waals surface area contributed by atoms with Crippen molar-refractivity contribution in [1.82, 2.24) is 9.29 Å². The van der Waals surface area contributed by atoms with Crippen LogP contribution >= 0.6 is 0 Å². The van der Waals surface area contributed by atoms with E-state index in [0.717, 1.165) is 46.9 Å². The van der Waals surface area contributed by atoms with Gasteiger partial charge >= 0.3 is 0 Å². The fourth-order valence-corrected chi connectivity index (χ4v) is 6.90. The van der Waals surface area contributed by atoms with E-state index < -0.39 is 10.0 Å². The topological polar surface area (TPSA) is 90.1 Å². The lowest BCUT2D eigenvalue weighted by Crippen LogP contribution is -2.36. The van der Waals surface area contributed by atoms with Crippen LogP contribution in [0.15, 0.2) is 77.8 Å². The molecule has 1 N–H and O–H groups in total. The highest BCUT2D eigenvalue weighted by molar-refractivity contribution is 7.89. The van der Waals surface area contributed by atoms with Gasteiger partial charge < -0.3 is 23.9 Å². The van der Waals surface area contributed by atoms with E-state index in [-0.39, 0.29) is 24.5 Å². The number of aromatic nitrogens is 1. The summed E-state index contributed by atoms with van der Waals surface area (Å²) in [5.74, 6) is 0.967. The molecule has 0 spiro atoms. The predicted octanol–water partition coefficient (Wildman–Crippen LogP) is 5.49. The largest absolute Gasteiger partial charge is 0.468 e. The summed E-state index contributed by atoms with van der Waals surface area (Å²) < 4.78 is 51.1. The molecule has 9 heteroatoms. The maximum absolute atomic E-state index is 14.1. The summed E-state index contributed by atoms with van der Waals surface area (Å²) in [6.45, 7) is 1.34. The maximum Gasteiger partial charge on any atom is 0.258 e. The Bertz CT molecular complexity index is 1420. The van der Waals surface area contributed by atoms with Gasteiger partial charge in [0.05, 0.1) is 0 Å². The first-order valence-corrected chi connectivity index (χ1v) is 14.5. The van der Waals surface area contributed by atoms with Gasteiger partial charge in [-0.15, -0.1) is 0 Å². The molecule has 4 aromatic rings. The van der Waals surface area contributed by atoms with E-state index in [9.17, 15) is 8.42 Å². The molecule has 39 heavy (non-hydrogen) atoms. The van der Waals surface area contributed by atoms with Gasteiger partial charge in [-0.3, -0.25) is 0 Å². The summed E-state index contributed by atoms with van der Waals surface area (Å²) in [5.41, 5.74) is 3.39. The molecule has 1 aromatic heterocycles. The Balaban J connectivity index is 1.68. The number of ether oxygens (including phenoxy) is 4. The monoisotopic (exact) mass is 550 g/mol. The minimum atomic E-state index is -3.76. The van der Waals surface area contributed by atoms with Crippen molar-refractivity contribution in [1.29, 1.82) is 0 Å². The molecule has 206 valence electrons. The quantitative estimate of drug-likeness (QED) is 0.249. The van der Waals surface area contributed by atoms with Gasteiger partial charge in [-0.25, -0.2) is 8.42 Å². The number of nitrogens with one attached hydrogen (secondary N) is 1. The molecule has 0 saturated carbocycles. The highest BCUT2D eigenvalue weighted by Crippen LogP contribution is 2.42. The average molecular weight is 551 g/mol. The summed E-state index contributed by atoms with van der Waals surface area (Å²) in [6, 6.07) is 23.2. The lowest BCUT2D eigenvalue weighted by Gasteiger charge is -2.27. The Labute approximate surface area is 229 Å². The average Bonchev–Trinajstić information content (AvgIpc) is 3.37. The zero-order valence-corrected chi connectivity index (χ0v) is 23.1. The molecule has 5 rings (SSSR count). The van der Waals surface area contributed by atoms with Crippen molar-refractivity contribution in [2.75, 3.05) is 40.9 Å². The maximum atomic E-state index is 14.1. The number of aromatic amines is 1. The van der Waals surface area contributed by atoms with Crippen molar-refractivity contribution in [2.45, 2.75) is 30.2 Å². The number of rotatable bonds is 11. The first kappa shape index (κ1) is 27.2. The highest BCUT2D eigenvalue weighted by atomic mass is 32.2. The minimum absolute atomic E-state index is 0.145. The van der Waals surface area contributed by atoms with Crippen LogP contribution < -0.4 is 9.47 Å². The molecule has 0 atom stereocenters. The molecule has 1 aliphatic rings. The van der Waals surface area contributed by atoms with Crippen molar-refractivity contribution in [3.8, 4) is 11.5 Å². The van der Waals surface area contributed by atoms with E-state index in [4.69, 9.17) is 18.9 Å². The number of para-hydroxylation sites is 1. The molecule has 0 unspecified atom stereocenters. The normalized spacial score (nSPS) is 14.6. The van der Waals surface area contributed by atoms with Crippen molar-refractivity contribution < 1.29 is 27.4 Å². The third-order valence-electron chi connectivity index (χ3n) is 7.03. The fourth-order valence-electron chi connectivity index (χ4n) is 5.16. The van der Waals surface area contributed by atoms with Crippen LogP contribution in [-0.2, 0) is 19.5 Å². The lowest BCUT2D eigenvalue weighted by molar-refractivity contribution is 0.0509. The molecule has 0 bridgehead atoms. The highest BCUT2D eigenvalue weighted by Gasteiger charge is 2.34. The first-order chi connectivity index (χ1) is 19.0. The van der Waals surface area contributed by atoms with E-state index in [2.05, 4.69) is 4.98 Å². The Morgan fingerprint density at radius 1 is 0.769 bits per heavy atom. The lowest BCUT2D eigenvalue weighted by atomic mass is 9.85. The molecule has 1 fully saturated rings. The molecular formula is C30H34N2O6S. The molecule has 0 aliphatic carbocycles. The second-order valence-electron chi connectivity index (χ2n) is 9.55. The third-order valence-corrected chi connectivity index (χ3v) is 8.91. The van der Waals surface area contributed by atoms with Gasteiger partial charge in [0.15, 0.2) is 18.6 Å². The molecule has 2 heterocycles. The molecule has 1 saturated heterocycles. The Morgan fingerprint density at radius 2 is 1.31 bits per heavy atom. The molecule has 8 nitrogen and oxygen atoms in total. The van der Waals surface area contributed by atoms with Crippen molar-refractivity contribution in [2.24, 2.45) is 0 Å². The van der Waals surface area contributed by atoms with Crippen LogP contribution in [0.25, 0.3) is 10.9 Å². The van der Waals surface area contributed by atoms with Crippen LogP contribution in [0.2, 0.25) is 0 Å². The number of hydrogen-bond donors (Lipinski definition) is 1. The van der Waals surface area contributed by atoms with E-state index in [1.807, 2.05) is 72.8 Å². The van der Waals surface area contributed by atoms with Crippen LogP contribution in [-0.4, -0.2) is 58.6 Å². The number of sulfonamides is 1. The van der Waals surface area contributed by atoms with Gasteiger partial charge in [0.2, 0.25) is 0 Å². The van der Waals surface area contributed by atoms with Crippen molar-refractivity contribution in [3.63, 3.8) is 0 Å². The molecular weight excluding hydrogens is 516 g/mol. The van der Waals surface area contributed by atoms with Crippen LogP contribution in [0.5, 0.6) is 11.5 Å². The summed E-state index contributed by atoms with van der Waals surface area (Å²) in [5, 5.41) is 1.12. The number of piperidine rings is 1. The standard InChI is InChI=1S/C30H34N2O6S/c1-35-20-37-24-14-10-22(11-15-24)28(23-12-16-25(17-13-23)38-21-36-2)29-26-8-4-5-9-27(26)31-30(29)39(33,34)32-18-6-3-7-19-32/h4-5,8-17,28,31H,3,6-7,18-21H2,1-2H3. The van der Waals surface area contributed by atoms with Crippen molar-refractivity contribution in [3.05, 3.63) is 89.5 Å². The molecule has 3 aromatic carbocycles. The number of benzene rings is 3. The van der Waals surface area contributed by atoms with Gasteiger partial charge in [-0.2, -0.15) is 4.31 Å². The van der Waals surface area contributed by atoms with Crippen molar-refractivity contribution >= 4 is 20.9 Å². The molecule has 1 aliphatic heterocycles. The van der Waals surface area contributed by atoms with Crippen LogP contribution in [0.3, 0.4) is 0 Å². The second kappa shape index (κ2) is 12.2. The zero-order valence-electron chi connectivity index (χ0n) is 22.3. The summed E-state index contributed by atoms with van der Waals surface area (Å²) >= 11 is 0. The summed E-state index contributed by atoms with van der Waals surface area (Å²) in [4.78, 5) is 3.29. The number of fused-ring (bicyclic) bond motifs is 1. The zero-order chi connectivity index (χ0) is 27.2. The van der Waals surface area contributed by atoms with Gasteiger partial charge in [-0.05, 0) is 54.3 Å². The van der Waals surface area contributed by atoms with E-state index >= 15 is 0 Å². The Kier molecular flexibility index (Phi) is 8.52. The minimum Gasteiger partial charge on any atom is -0.468 e. The van der Waals surface area contributed by atoms with E-state index in [1.54, 1.807) is 18.5 Å². The van der Waals surface area contributed by atoms with E-state index in [1.165, 1.54) is 0 Å². The van der Waals surface area contributed by atoms with Gasteiger partial charge in [0, 0.05) is 49.7 Å². The van der Waals surface area contributed by atoms with Gasteiger partial charge in [0.25, 0.3) is 10.0 Å². The number of methoxy groups -OCH3 is 2.